The fraction of sp³-hybridized carbons (Fsp3) is 0.214. The van der Waals surface area contributed by atoms with Crippen molar-refractivity contribution in [2.45, 2.75) is 19.9 Å². The Hall–Kier alpha value is -2.34. The Labute approximate surface area is 115 Å². The van der Waals surface area contributed by atoms with Crippen LogP contribution in [0.3, 0.4) is 0 Å². The van der Waals surface area contributed by atoms with E-state index in [-0.39, 0.29) is 17.3 Å². The predicted octanol–water partition coefficient (Wildman–Crippen LogP) is 2.50. The van der Waals surface area contributed by atoms with E-state index in [1.54, 1.807) is 13.0 Å². The number of rotatable bonds is 4. The normalized spacial score (nSPS) is 12.0. The second-order valence-electron chi connectivity index (χ2n) is 4.45. The van der Waals surface area contributed by atoms with Crippen molar-refractivity contribution < 1.29 is 13.6 Å². The number of aryl methyl sites for hydroxylation is 1. The van der Waals surface area contributed by atoms with E-state index in [9.17, 15) is 9.18 Å². The maximum Gasteiger partial charge on any atom is 0.254 e. The largest absolute Gasteiger partial charge is 0.464 e. The Morgan fingerprint density at radius 1 is 1.35 bits per heavy atom. The summed E-state index contributed by atoms with van der Waals surface area (Å²) in [5.74, 6) is 5.63. The molecule has 20 heavy (non-hydrogen) atoms. The van der Waals surface area contributed by atoms with Crippen LogP contribution in [-0.2, 0) is 0 Å². The number of nitrogens with one attached hydrogen (secondary N) is 2. The monoisotopic (exact) mass is 277 g/mol. The molecule has 1 atom stereocenters. The van der Waals surface area contributed by atoms with Crippen molar-refractivity contribution >= 4 is 11.6 Å². The van der Waals surface area contributed by atoms with Gasteiger partial charge in [-0.2, -0.15) is 0 Å². The van der Waals surface area contributed by atoms with Crippen LogP contribution in [0.2, 0.25) is 0 Å². The van der Waals surface area contributed by atoms with Crippen LogP contribution in [0.15, 0.2) is 34.7 Å². The third-order valence-corrected chi connectivity index (χ3v) is 2.94. The molecule has 1 heterocycles. The zero-order chi connectivity index (χ0) is 14.7. The van der Waals surface area contributed by atoms with Gasteiger partial charge < -0.3 is 15.2 Å². The molecule has 5 nitrogen and oxygen atoms in total. The quantitative estimate of drug-likeness (QED) is 0.592. The zero-order valence-electron chi connectivity index (χ0n) is 11.2. The highest BCUT2D eigenvalue weighted by atomic mass is 19.1. The maximum absolute atomic E-state index is 13.5. The van der Waals surface area contributed by atoms with Crippen LogP contribution < -0.4 is 16.6 Å². The summed E-state index contributed by atoms with van der Waals surface area (Å²) in [7, 11) is 0. The van der Waals surface area contributed by atoms with Crippen molar-refractivity contribution in [1.29, 1.82) is 0 Å². The number of hydrazine groups is 1. The third kappa shape index (κ3) is 2.80. The van der Waals surface area contributed by atoms with Gasteiger partial charge in [0.05, 0.1) is 17.3 Å². The van der Waals surface area contributed by atoms with Crippen molar-refractivity contribution in [2.75, 3.05) is 5.43 Å². The molecular formula is C14H16FN3O2. The number of nitrogen functional groups attached to an aromatic ring is 1. The van der Waals surface area contributed by atoms with Gasteiger partial charge in [-0.05, 0) is 38.1 Å². The molecule has 0 radical (unpaired) electrons. The molecule has 0 fully saturated rings. The van der Waals surface area contributed by atoms with E-state index in [0.29, 0.717) is 5.76 Å². The molecule has 0 aliphatic rings. The Bertz CT molecular complexity index is 625. The van der Waals surface area contributed by atoms with Crippen LogP contribution in [0.25, 0.3) is 0 Å². The maximum atomic E-state index is 13.5. The molecule has 0 aliphatic carbocycles. The summed E-state index contributed by atoms with van der Waals surface area (Å²) in [5, 5.41) is 2.73. The van der Waals surface area contributed by atoms with E-state index in [1.807, 2.05) is 13.0 Å². The molecule has 4 N–H and O–H groups in total. The number of hydrogen-bond donors (Lipinski definition) is 3. The second kappa shape index (κ2) is 5.75. The number of amides is 1. The van der Waals surface area contributed by atoms with Gasteiger partial charge in [0.15, 0.2) is 0 Å². The topological polar surface area (TPSA) is 80.3 Å². The number of para-hydroxylation sites is 1. The minimum atomic E-state index is -0.582. The number of halogens is 1. The Balaban J connectivity index is 2.18. The smallest absolute Gasteiger partial charge is 0.254 e. The average molecular weight is 277 g/mol. The summed E-state index contributed by atoms with van der Waals surface area (Å²) in [5.41, 5.74) is 2.31. The molecule has 0 bridgehead atoms. The number of carbonyl (C=O) groups is 1. The molecule has 1 aromatic carbocycles. The fourth-order valence-electron chi connectivity index (χ4n) is 1.89. The number of hydrogen-bond acceptors (Lipinski definition) is 4. The molecule has 1 unspecified atom stereocenters. The van der Waals surface area contributed by atoms with E-state index in [1.165, 1.54) is 18.2 Å². The summed E-state index contributed by atoms with van der Waals surface area (Å²) in [6, 6.07) is 7.44. The number of furan rings is 1. The van der Waals surface area contributed by atoms with Gasteiger partial charge in [-0.15, -0.1) is 0 Å². The summed E-state index contributed by atoms with van der Waals surface area (Å²) in [4.78, 5) is 12.2. The van der Waals surface area contributed by atoms with E-state index < -0.39 is 11.7 Å². The Kier molecular flexibility index (Phi) is 4.05. The van der Waals surface area contributed by atoms with Crippen LogP contribution in [0, 0.1) is 12.7 Å². The summed E-state index contributed by atoms with van der Waals surface area (Å²) >= 11 is 0. The zero-order valence-corrected chi connectivity index (χ0v) is 11.2. The molecular weight excluding hydrogens is 261 g/mol. The van der Waals surface area contributed by atoms with Gasteiger partial charge in [-0.25, -0.2) is 4.39 Å². The van der Waals surface area contributed by atoms with Gasteiger partial charge in [0.2, 0.25) is 0 Å². The molecule has 6 heteroatoms. The highest BCUT2D eigenvalue weighted by molar-refractivity contribution is 5.99. The molecule has 0 saturated carbocycles. The van der Waals surface area contributed by atoms with E-state index in [2.05, 4.69) is 10.7 Å². The lowest BCUT2D eigenvalue weighted by Gasteiger charge is -2.14. The van der Waals surface area contributed by atoms with Gasteiger partial charge in [0.1, 0.15) is 17.3 Å². The summed E-state index contributed by atoms with van der Waals surface area (Å²) < 4.78 is 19.0. The molecule has 2 rings (SSSR count). The first kappa shape index (κ1) is 14.1. The lowest BCUT2D eigenvalue weighted by atomic mass is 10.1. The van der Waals surface area contributed by atoms with E-state index in [4.69, 9.17) is 10.3 Å². The Morgan fingerprint density at radius 2 is 2.10 bits per heavy atom. The van der Waals surface area contributed by atoms with Crippen molar-refractivity contribution in [3.63, 3.8) is 0 Å². The van der Waals surface area contributed by atoms with Gasteiger partial charge in [0.25, 0.3) is 5.91 Å². The number of carbonyl (C=O) groups excluding carboxylic acids is 1. The number of benzene rings is 1. The lowest BCUT2D eigenvalue weighted by Crippen LogP contribution is -2.28. The second-order valence-corrected chi connectivity index (χ2v) is 4.45. The molecule has 106 valence electrons. The lowest BCUT2D eigenvalue weighted by molar-refractivity contribution is 0.0935. The summed E-state index contributed by atoms with van der Waals surface area (Å²) in [6.45, 7) is 3.60. The minimum absolute atomic E-state index is 0.0344. The Morgan fingerprint density at radius 3 is 2.70 bits per heavy atom. The van der Waals surface area contributed by atoms with Gasteiger partial charge in [-0.3, -0.25) is 10.6 Å². The highest BCUT2D eigenvalue weighted by Crippen LogP contribution is 2.21. The van der Waals surface area contributed by atoms with Crippen molar-refractivity contribution in [3.8, 4) is 0 Å². The van der Waals surface area contributed by atoms with Crippen molar-refractivity contribution in [3.05, 3.63) is 53.2 Å². The van der Waals surface area contributed by atoms with Gasteiger partial charge in [0, 0.05) is 0 Å². The van der Waals surface area contributed by atoms with E-state index >= 15 is 0 Å². The number of anilines is 1. The first-order valence-corrected chi connectivity index (χ1v) is 6.15. The first-order chi connectivity index (χ1) is 9.52. The first-order valence-electron chi connectivity index (χ1n) is 6.15. The molecule has 1 amide bonds. The van der Waals surface area contributed by atoms with Crippen molar-refractivity contribution in [2.24, 2.45) is 5.84 Å². The van der Waals surface area contributed by atoms with Crippen LogP contribution >= 0.6 is 0 Å². The van der Waals surface area contributed by atoms with Crippen LogP contribution in [-0.4, -0.2) is 5.91 Å². The van der Waals surface area contributed by atoms with Crippen LogP contribution in [0.4, 0.5) is 10.1 Å². The minimum Gasteiger partial charge on any atom is -0.464 e. The molecule has 0 spiro atoms. The van der Waals surface area contributed by atoms with Crippen molar-refractivity contribution in [1.82, 2.24) is 5.32 Å². The standard InChI is InChI=1S/C14H16FN3O2/c1-8-6-7-12(20-8)9(2)17-14(19)10-4-3-5-11(15)13(10)18-16/h3-7,9,18H,16H2,1-2H3,(H,17,19). The molecule has 0 saturated heterocycles. The predicted molar refractivity (Wildman–Crippen MR) is 73.5 cm³/mol. The average Bonchev–Trinajstić information content (AvgIpc) is 2.85. The SMILES string of the molecule is Cc1ccc(C(C)NC(=O)c2cccc(F)c2NN)o1. The third-order valence-electron chi connectivity index (χ3n) is 2.94. The van der Waals surface area contributed by atoms with Gasteiger partial charge in [-0.1, -0.05) is 6.07 Å². The molecule has 0 aliphatic heterocycles. The fourth-order valence-corrected chi connectivity index (χ4v) is 1.89. The molecule has 2 aromatic rings. The van der Waals surface area contributed by atoms with Crippen LogP contribution in [0.1, 0.15) is 34.8 Å². The van der Waals surface area contributed by atoms with Crippen LogP contribution in [0.5, 0.6) is 0 Å². The summed E-state index contributed by atoms with van der Waals surface area (Å²) in [6.07, 6.45) is 0. The van der Waals surface area contributed by atoms with E-state index in [0.717, 1.165) is 5.76 Å². The number of nitrogens with two attached hydrogens (primary N) is 1. The highest BCUT2D eigenvalue weighted by Gasteiger charge is 2.18. The van der Waals surface area contributed by atoms with Gasteiger partial charge >= 0.3 is 0 Å². The molecule has 1 aromatic heterocycles.